The highest BCUT2D eigenvalue weighted by atomic mass is 35.5. The molecular weight excluding hydrogens is 382 g/mol. The number of rotatable bonds is 4. The second kappa shape index (κ2) is 8.00. The first-order valence-electron chi connectivity index (χ1n) is 10.5. The maximum atomic E-state index is 9.26. The van der Waals surface area contributed by atoms with Crippen LogP contribution in [0.4, 0.5) is 5.69 Å². The highest BCUT2D eigenvalue weighted by Crippen LogP contribution is 2.36. The average Bonchev–Trinajstić information content (AvgIpc) is 2.97. The van der Waals surface area contributed by atoms with Gasteiger partial charge in [0.25, 0.3) is 0 Å². The molecule has 2 aromatic heterocycles. The van der Waals surface area contributed by atoms with Crippen molar-refractivity contribution >= 4 is 28.3 Å². The van der Waals surface area contributed by atoms with Crippen molar-refractivity contribution in [1.82, 2.24) is 9.55 Å². The molecule has 1 N–H and O–H groups in total. The number of pyridine rings is 1. The van der Waals surface area contributed by atoms with Crippen LogP contribution in [0.2, 0.25) is 5.02 Å². The highest BCUT2D eigenvalue weighted by Gasteiger charge is 2.23. The van der Waals surface area contributed by atoms with Gasteiger partial charge in [-0.2, -0.15) is 0 Å². The van der Waals surface area contributed by atoms with E-state index in [1.807, 2.05) is 12.1 Å². The molecule has 3 heterocycles. The predicted molar refractivity (Wildman–Crippen MR) is 122 cm³/mol. The number of halogens is 1. The van der Waals surface area contributed by atoms with E-state index in [4.69, 9.17) is 16.6 Å². The first kappa shape index (κ1) is 20.2. The number of anilines is 1. The van der Waals surface area contributed by atoms with Crippen molar-refractivity contribution < 1.29 is 5.11 Å². The van der Waals surface area contributed by atoms with Crippen LogP contribution in [0.25, 0.3) is 16.7 Å². The van der Waals surface area contributed by atoms with Gasteiger partial charge in [0.15, 0.2) is 0 Å². The van der Waals surface area contributed by atoms with Gasteiger partial charge in [0.1, 0.15) is 5.65 Å². The molecule has 3 aromatic rings. The van der Waals surface area contributed by atoms with Crippen LogP contribution < -0.4 is 4.90 Å². The zero-order valence-electron chi connectivity index (χ0n) is 17.8. The van der Waals surface area contributed by atoms with Crippen LogP contribution in [-0.2, 0) is 0 Å². The minimum Gasteiger partial charge on any atom is -0.396 e. The summed E-state index contributed by atoms with van der Waals surface area (Å²) in [6, 6.07) is 6.27. The van der Waals surface area contributed by atoms with Gasteiger partial charge in [0.2, 0.25) is 0 Å². The van der Waals surface area contributed by atoms with Gasteiger partial charge in [-0.3, -0.25) is 0 Å². The Labute approximate surface area is 178 Å². The number of nitrogens with zero attached hydrogens (tertiary/aromatic N) is 3. The molecular formula is C24H30ClN3O. The Bertz CT molecular complexity index is 1020. The Balaban J connectivity index is 1.82. The molecule has 0 spiro atoms. The van der Waals surface area contributed by atoms with Crippen LogP contribution in [0.1, 0.15) is 41.6 Å². The van der Waals surface area contributed by atoms with Crippen LogP contribution in [0.3, 0.4) is 0 Å². The molecule has 0 aliphatic carbocycles. The fourth-order valence-corrected chi connectivity index (χ4v) is 5.19. The third kappa shape index (κ3) is 3.76. The van der Waals surface area contributed by atoms with Gasteiger partial charge >= 0.3 is 0 Å². The number of benzene rings is 1. The van der Waals surface area contributed by atoms with Crippen molar-refractivity contribution in [2.75, 3.05) is 24.6 Å². The molecule has 0 atom stereocenters. The van der Waals surface area contributed by atoms with Gasteiger partial charge in [0.05, 0.1) is 5.69 Å². The lowest BCUT2D eigenvalue weighted by molar-refractivity contribution is 0.240. The Hall–Kier alpha value is -2.04. The SMILES string of the molecule is Cc1cc(N2CCC(CCO)CC2)c2c(C)cn(-c3c(C)cc(Cl)cc3C)c2n1. The first-order valence-corrected chi connectivity index (χ1v) is 10.9. The highest BCUT2D eigenvalue weighted by molar-refractivity contribution is 6.30. The molecule has 29 heavy (non-hydrogen) atoms. The predicted octanol–water partition coefficient (Wildman–Crippen LogP) is 5.51. The van der Waals surface area contributed by atoms with Crippen molar-refractivity contribution in [1.29, 1.82) is 0 Å². The van der Waals surface area contributed by atoms with E-state index in [0.29, 0.717) is 12.5 Å². The molecule has 1 aliphatic rings. The van der Waals surface area contributed by atoms with Crippen molar-refractivity contribution in [3.63, 3.8) is 0 Å². The smallest absolute Gasteiger partial charge is 0.147 e. The largest absolute Gasteiger partial charge is 0.396 e. The number of aliphatic hydroxyl groups excluding tert-OH is 1. The summed E-state index contributed by atoms with van der Waals surface area (Å²) in [4.78, 5) is 7.45. The third-order valence-corrected chi connectivity index (χ3v) is 6.46. The van der Waals surface area contributed by atoms with Crippen molar-refractivity contribution in [2.24, 2.45) is 5.92 Å². The summed E-state index contributed by atoms with van der Waals surface area (Å²) < 4.78 is 2.24. The Morgan fingerprint density at radius 2 is 1.69 bits per heavy atom. The lowest BCUT2D eigenvalue weighted by atomic mass is 9.93. The lowest BCUT2D eigenvalue weighted by Gasteiger charge is -2.34. The fraction of sp³-hybridized carbons (Fsp3) is 0.458. The Kier molecular flexibility index (Phi) is 5.58. The zero-order chi connectivity index (χ0) is 20.7. The third-order valence-electron chi connectivity index (χ3n) is 6.24. The monoisotopic (exact) mass is 411 g/mol. The number of aryl methyl sites for hydroxylation is 4. The van der Waals surface area contributed by atoms with Gasteiger partial charge in [-0.05, 0) is 87.8 Å². The number of aliphatic hydroxyl groups is 1. The molecule has 1 fully saturated rings. The Morgan fingerprint density at radius 3 is 2.31 bits per heavy atom. The van der Waals surface area contributed by atoms with Crippen LogP contribution in [0.5, 0.6) is 0 Å². The first-order chi connectivity index (χ1) is 13.9. The minimum absolute atomic E-state index is 0.297. The summed E-state index contributed by atoms with van der Waals surface area (Å²) in [7, 11) is 0. The van der Waals surface area contributed by atoms with E-state index in [0.717, 1.165) is 59.8 Å². The van der Waals surface area contributed by atoms with E-state index in [9.17, 15) is 5.11 Å². The normalized spacial score (nSPS) is 15.4. The van der Waals surface area contributed by atoms with Crippen LogP contribution in [-0.4, -0.2) is 34.4 Å². The van der Waals surface area contributed by atoms with Crippen molar-refractivity contribution in [2.45, 2.75) is 47.0 Å². The summed E-state index contributed by atoms with van der Waals surface area (Å²) in [5, 5.41) is 11.3. The summed E-state index contributed by atoms with van der Waals surface area (Å²) >= 11 is 6.27. The number of aromatic nitrogens is 2. The van der Waals surface area contributed by atoms with E-state index in [-0.39, 0.29) is 0 Å². The molecule has 1 aliphatic heterocycles. The molecule has 0 radical (unpaired) electrons. The number of fused-ring (bicyclic) bond motifs is 1. The van der Waals surface area contributed by atoms with Gasteiger partial charge in [-0.1, -0.05) is 11.6 Å². The summed E-state index contributed by atoms with van der Waals surface area (Å²) in [6.07, 6.45) is 5.41. The lowest BCUT2D eigenvalue weighted by Crippen LogP contribution is -2.34. The number of hydrogen-bond acceptors (Lipinski definition) is 3. The maximum absolute atomic E-state index is 9.26. The zero-order valence-corrected chi connectivity index (χ0v) is 18.6. The number of hydrogen-bond donors (Lipinski definition) is 1. The summed E-state index contributed by atoms with van der Waals surface area (Å²) in [5.74, 6) is 0.639. The molecule has 1 aromatic carbocycles. The maximum Gasteiger partial charge on any atom is 0.147 e. The molecule has 0 unspecified atom stereocenters. The second-order valence-corrected chi connectivity index (χ2v) is 8.93. The van der Waals surface area contributed by atoms with Crippen molar-refractivity contribution in [3.05, 3.63) is 51.8 Å². The van der Waals surface area contributed by atoms with Crippen LogP contribution in [0.15, 0.2) is 24.4 Å². The molecule has 154 valence electrons. The van der Waals surface area contributed by atoms with Crippen LogP contribution >= 0.6 is 11.6 Å². The number of piperidine rings is 1. The molecule has 0 amide bonds. The topological polar surface area (TPSA) is 41.3 Å². The molecule has 0 bridgehead atoms. The van der Waals surface area contributed by atoms with E-state index >= 15 is 0 Å². The minimum atomic E-state index is 0.297. The van der Waals surface area contributed by atoms with Crippen LogP contribution in [0, 0.1) is 33.6 Å². The summed E-state index contributed by atoms with van der Waals surface area (Å²) in [6.45, 7) is 10.8. The fourth-order valence-electron chi connectivity index (χ4n) is 4.86. The van der Waals surface area contributed by atoms with E-state index in [1.165, 1.54) is 22.3 Å². The Morgan fingerprint density at radius 1 is 1.03 bits per heavy atom. The van der Waals surface area contributed by atoms with E-state index in [2.05, 4.69) is 49.4 Å². The van der Waals surface area contributed by atoms with Gasteiger partial charge < -0.3 is 14.6 Å². The molecule has 1 saturated heterocycles. The average molecular weight is 412 g/mol. The van der Waals surface area contributed by atoms with Gasteiger partial charge in [-0.15, -0.1) is 0 Å². The quantitative estimate of drug-likeness (QED) is 0.615. The molecule has 5 heteroatoms. The molecule has 4 nitrogen and oxygen atoms in total. The standard InChI is InChI=1S/C24H30ClN3O/c1-15-11-20(25)12-16(2)23(15)28-14-17(3)22-21(13-18(4)26-24(22)28)27-8-5-19(6-9-27)7-10-29/h11-14,19,29H,5-10H2,1-4H3. The molecule has 4 rings (SSSR count). The van der Waals surface area contributed by atoms with E-state index < -0.39 is 0 Å². The summed E-state index contributed by atoms with van der Waals surface area (Å²) in [5.41, 5.74) is 8.06. The second-order valence-electron chi connectivity index (χ2n) is 8.49. The van der Waals surface area contributed by atoms with Crippen molar-refractivity contribution in [3.8, 4) is 5.69 Å². The van der Waals surface area contributed by atoms with E-state index in [1.54, 1.807) is 0 Å². The van der Waals surface area contributed by atoms with Gasteiger partial charge in [-0.25, -0.2) is 4.98 Å². The molecule has 0 saturated carbocycles. The van der Waals surface area contributed by atoms with Gasteiger partial charge in [0, 0.05) is 47.7 Å².